The second-order valence-electron chi connectivity index (χ2n) is 4.95. The van der Waals surface area contributed by atoms with Gasteiger partial charge in [0.15, 0.2) is 5.60 Å². The smallest absolute Gasteiger partial charge is 0.253 e. The van der Waals surface area contributed by atoms with Crippen LogP contribution in [0.25, 0.3) is 0 Å². The molecule has 6 heteroatoms. The number of carbonyl (C=O) groups is 1. The fourth-order valence-corrected chi connectivity index (χ4v) is 2.14. The van der Waals surface area contributed by atoms with Crippen LogP contribution in [-0.2, 0) is 23.1 Å². The molecule has 1 N–H and O–H groups in total. The van der Waals surface area contributed by atoms with Gasteiger partial charge in [-0.05, 0) is 20.0 Å². The van der Waals surface area contributed by atoms with Crippen LogP contribution in [0.2, 0.25) is 0 Å². The van der Waals surface area contributed by atoms with E-state index in [0.717, 1.165) is 12.2 Å². The number of likely N-dealkylation sites (N-methyl/N-ethyl adjacent to an activating group) is 1. The zero-order valence-electron chi connectivity index (χ0n) is 11.1. The third-order valence-corrected chi connectivity index (χ3v) is 3.30. The van der Waals surface area contributed by atoms with Crippen molar-refractivity contribution in [1.29, 1.82) is 0 Å². The zero-order chi connectivity index (χ0) is 13.2. The highest BCUT2D eigenvalue weighted by atomic mass is 16.5. The Bertz CT molecular complexity index is 431. The third-order valence-electron chi connectivity index (χ3n) is 3.30. The normalized spacial score (nSPS) is 25.1. The van der Waals surface area contributed by atoms with Gasteiger partial charge in [0.05, 0.1) is 18.8 Å². The van der Waals surface area contributed by atoms with Crippen LogP contribution in [0.15, 0.2) is 12.3 Å². The van der Waals surface area contributed by atoms with E-state index in [9.17, 15) is 4.79 Å². The molecule has 2 heterocycles. The van der Waals surface area contributed by atoms with Gasteiger partial charge in [0.25, 0.3) is 5.91 Å². The van der Waals surface area contributed by atoms with Gasteiger partial charge in [0, 0.05) is 26.3 Å². The van der Waals surface area contributed by atoms with Crippen molar-refractivity contribution in [2.24, 2.45) is 7.05 Å². The molecule has 1 aromatic rings. The minimum absolute atomic E-state index is 0.0738. The lowest BCUT2D eigenvalue weighted by atomic mass is 10.0. The highest BCUT2D eigenvalue weighted by Gasteiger charge is 2.37. The summed E-state index contributed by atoms with van der Waals surface area (Å²) < 4.78 is 7.37. The number of rotatable bonds is 3. The average molecular weight is 252 g/mol. The van der Waals surface area contributed by atoms with Crippen molar-refractivity contribution >= 4 is 5.91 Å². The number of hydrogen-bond acceptors (Lipinski definition) is 4. The summed E-state index contributed by atoms with van der Waals surface area (Å²) in [7, 11) is 3.85. The first-order valence-electron chi connectivity index (χ1n) is 6.09. The molecule has 100 valence electrons. The molecular weight excluding hydrogens is 232 g/mol. The van der Waals surface area contributed by atoms with E-state index in [4.69, 9.17) is 4.74 Å². The lowest BCUT2D eigenvalue weighted by Gasteiger charge is -2.37. The van der Waals surface area contributed by atoms with Crippen molar-refractivity contribution in [1.82, 2.24) is 20.0 Å². The monoisotopic (exact) mass is 252 g/mol. The van der Waals surface area contributed by atoms with Crippen molar-refractivity contribution in [3.05, 3.63) is 18.0 Å². The van der Waals surface area contributed by atoms with Gasteiger partial charge < -0.3 is 15.0 Å². The minimum Gasteiger partial charge on any atom is -0.363 e. The maximum absolute atomic E-state index is 12.2. The molecule has 0 radical (unpaired) electrons. The van der Waals surface area contributed by atoms with E-state index < -0.39 is 5.60 Å². The molecule has 0 unspecified atom stereocenters. The molecule has 1 atom stereocenters. The summed E-state index contributed by atoms with van der Waals surface area (Å²) in [6.45, 7) is 4.38. The van der Waals surface area contributed by atoms with Gasteiger partial charge in [-0.1, -0.05) is 0 Å². The van der Waals surface area contributed by atoms with Crippen LogP contribution in [0.4, 0.5) is 0 Å². The zero-order valence-corrected chi connectivity index (χ0v) is 11.1. The Kier molecular flexibility index (Phi) is 3.68. The van der Waals surface area contributed by atoms with Crippen LogP contribution in [0.5, 0.6) is 0 Å². The Morgan fingerprint density at radius 2 is 2.39 bits per heavy atom. The van der Waals surface area contributed by atoms with Crippen LogP contribution in [0.3, 0.4) is 0 Å². The Labute approximate surface area is 107 Å². The fraction of sp³-hybridized carbons (Fsp3) is 0.667. The summed E-state index contributed by atoms with van der Waals surface area (Å²) >= 11 is 0. The number of nitrogens with one attached hydrogen (secondary N) is 1. The van der Waals surface area contributed by atoms with E-state index in [1.54, 1.807) is 10.9 Å². The van der Waals surface area contributed by atoms with Gasteiger partial charge in [-0.2, -0.15) is 5.10 Å². The Balaban J connectivity index is 1.93. The molecule has 6 nitrogen and oxygen atoms in total. The molecule has 1 saturated heterocycles. The summed E-state index contributed by atoms with van der Waals surface area (Å²) in [5.74, 6) is -0.0738. The minimum atomic E-state index is -0.758. The number of ether oxygens (including phenoxy) is 1. The van der Waals surface area contributed by atoms with Crippen molar-refractivity contribution in [2.75, 3.05) is 26.7 Å². The first-order valence-corrected chi connectivity index (χ1v) is 6.09. The van der Waals surface area contributed by atoms with Crippen molar-refractivity contribution < 1.29 is 9.53 Å². The van der Waals surface area contributed by atoms with E-state index in [0.29, 0.717) is 19.7 Å². The van der Waals surface area contributed by atoms with Crippen molar-refractivity contribution in [2.45, 2.75) is 19.1 Å². The summed E-state index contributed by atoms with van der Waals surface area (Å²) in [5.41, 5.74) is 0.210. The molecule has 1 aliphatic rings. The second-order valence-corrected chi connectivity index (χ2v) is 4.95. The predicted octanol–water partition coefficient (Wildman–Crippen LogP) is -0.243. The van der Waals surface area contributed by atoms with Gasteiger partial charge in [-0.3, -0.25) is 9.48 Å². The van der Waals surface area contributed by atoms with Gasteiger partial charge in [-0.15, -0.1) is 0 Å². The SMILES string of the molecule is CN1CCO[C@](C)(C(=O)NCc2ccnn2C)C1. The van der Waals surface area contributed by atoms with E-state index in [1.165, 1.54) is 0 Å². The van der Waals surface area contributed by atoms with Gasteiger partial charge in [-0.25, -0.2) is 0 Å². The highest BCUT2D eigenvalue weighted by molar-refractivity contribution is 5.85. The van der Waals surface area contributed by atoms with E-state index >= 15 is 0 Å². The first-order chi connectivity index (χ1) is 8.51. The first kappa shape index (κ1) is 13.0. The molecule has 0 spiro atoms. The molecule has 2 rings (SSSR count). The van der Waals surface area contributed by atoms with E-state index in [1.807, 2.05) is 27.1 Å². The standard InChI is InChI=1S/C12H20N4O2/c1-12(9-15(2)6-7-18-12)11(17)13-8-10-4-5-14-16(10)3/h4-5H,6-9H2,1-3H3,(H,13,17)/t12-/m0/s1. The number of aryl methyl sites for hydroxylation is 1. The second kappa shape index (κ2) is 5.07. The molecule has 0 aromatic carbocycles. The van der Waals surface area contributed by atoms with Gasteiger partial charge in [0.1, 0.15) is 0 Å². The van der Waals surface area contributed by atoms with Crippen LogP contribution in [0.1, 0.15) is 12.6 Å². The quantitative estimate of drug-likeness (QED) is 0.806. The molecule has 1 fully saturated rings. The summed E-state index contributed by atoms with van der Waals surface area (Å²) in [4.78, 5) is 14.3. The van der Waals surface area contributed by atoms with Crippen LogP contribution in [-0.4, -0.2) is 52.9 Å². The van der Waals surface area contributed by atoms with Crippen LogP contribution >= 0.6 is 0 Å². The van der Waals surface area contributed by atoms with Crippen LogP contribution < -0.4 is 5.32 Å². The molecule has 0 saturated carbocycles. The number of carbonyl (C=O) groups excluding carboxylic acids is 1. The highest BCUT2D eigenvalue weighted by Crippen LogP contribution is 2.16. The molecule has 18 heavy (non-hydrogen) atoms. The lowest BCUT2D eigenvalue weighted by Crippen LogP contribution is -2.57. The lowest BCUT2D eigenvalue weighted by molar-refractivity contribution is -0.155. The van der Waals surface area contributed by atoms with Gasteiger partial charge >= 0.3 is 0 Å². The fourth-order valence-electron chi connectivity index (χ4n) is 2.14. The maximum atomic E-state index is 12.2. The predicted molar refractivity (Wildman–Crippen MR) is 66.9 cm³/mol. The van der Waals surface area contributed by atoms with E-state index in [2.05, 4.69) is 15.3 Å². The Morgan fingerprint density at radius 3 is 3.00 bits per heavy atom. The topological polar surface area (TPSA) is 59.4 Å². The molecular formula is C12H20N4O2. The maximum Gasteiger partial charge on any atom is 0.253 e. The molecule has 1 aromatic heterocycles. The van der Waals surface area contributed by atoms with Crippen molar-refractivity contribution in [3.63, 3.8) is 0 Å². The van der Waals surface area contributed by atoms with Gasteiger partial charge in [0.2, 0.25) is 0 Å². The number of amides is 1. The molecule has 1 amide bonds. The number of hydrogen-bond donors (Lipinski definition) is 1. The average Bonchev–Trinajstić information content (AvgIpc) is 2.71. The molecule has 0 bridgehead atoms. The number of morpholine rings is 1. The van der Waals surface area contributed by atoms with E-state index in [-0.39, 0.29) is 5.91 Å². The number of aromatic nitrogens is 2. The Hall–Kier alpha value is -1.40. The number of nitrogens with zero attached hydrogens (tertiary/aromatic N) is 3. The largest absolute Gasteiger partial charge is 0.363 e. The summed E-state index contributed by atoms with van der Waals surface area (Å²) in [5, 5.41) is 6.97. The van der Waals surface area contributed by atoms with Crippen molar-refractivity contribution in [3.8, 4) is 0 Å². The van der Waals surface area contributed by atoms with Crippen LogP contribution in [0, 0.1) is 0 Å². The Morgan fingerprint density at radius 1 is 1.61 bits per heavy atom. The third kappa shape index (κ3) is 2.70. The summed E-state index contributed by atoms with van der Waals surface area (Å²) in [6.07, 6.45) is 1.72. The molecule has 1 aliphatic heterocycles. The summed E-state index contributed by atoms with van der Waals surface area (Å²) in [6, 6.07) is 1.89. The molecule has 0 aliphatic carbocycles.